The van der Waals surface area contributed by atoms with E-state index in [1.165, 1.54) is 96.8 Å². The van der Waals surface area contributed by atoms with Gasteiger partial charge in [-0.05, 0) is 13.3 Å². The molecule has 0 spiro atoms. The van der Waals surface area contributed by atoms with Gasteiger partial charge in [0, 0.05) is 51.4 Å². The van der Waals surface area contributed by atoms with Crippen LogP contribution in [0.15, 0.2) is 0 Å². The van der Waals surface area contributed by atoms with E-state index in [4.69, 9.17) is 9.84 Å². The van der Waals surface area contributed by atoms with Crippen LogP contribution < -0.4 is 0 Å². The monoisotopic (exact) mass is 381 g/mol. The van der Waals surface area contributed by atoms with Crippen molar-refractivity contribution < 1.29 is 14.6 Å². The van der Waals surface area contributed by atoms with Crippen LogP contribution in [-0.2, 0) is 9.53 Å². The fourth-order valence-corrected chi connectivity index (χ4v) is 2.94. The van der Waals surface area contributed by atoms with Crippen molar-refractivity contribution in [2.75, 3.05) is 6.61 Å². The molecule has 145 valence electrons. The number of hydrogen-bond acceptors (Lipinski definition) is 3. The van der Waals surface area contributed by atoms with Gasteiger partial charge in [-0.3, -0.25) is 0 Å². The van der Waals surface area contributed by atoms with Crippen molar-refractivity contribution in [1.82, 2.24) is 0 Å². The Bertz CT molecular complexity index is 270. The molecular weight excluding hydrogens is 339 g/mol. The van der Waals surface area contributed by atoms with E-state index in [2.05, 4.69) is 6.92 Å². The molecule has 0 amide bonds. The summed E-state index contributed by atoms with van der Waals surface area (Å²) in [5.74, 6) is -0.504. The van der Waals surface area contributed by atoms with Gasteiger partial charge in [0.15, 0.2) is 0 Å². The minimum Gasteiger partial charge on any atom is -0.464 e. The van der Waals surface area contributed by atoms with Gasteiger partial charge in [-0.15, -0.1) is 0 Å². The number of carbonyl (C=O) groups is 1. The molecule has 25 heavy (non-hydrogen) atoms. The zero-order valence-corrected chi connectivity index (χ0v) is 20.5. The maximum atomic E-state index is 11.0. The maximum absolute atomic E-state index is 11.0. The second-order valence-electron chi connectivity index (χ2n) is 7.15. The number of aliphatic hydroxyl groups excluding tert-OH is 1. The Morgan fingerprint density at radius 3 is 1.36 bits per heavy atom. The van der Waals surface area contributed by atoms with Gasteiger partial charge in [-0.1, -0.05) is 103 Å². The number of ether oxygens (including phenoxy) is 1. The average Bonchev–Trinajstić information content (AvgIpc) is 2.57. The summed E-state index contributed by atoms with van der Waals surface area (Å²) in [6.07, 6.45) is 20.4. The minimum atomic E-state index is -0.994. The molecule has 0 saturated carbocycles. The third-order valence-corrected chi connectivity index (χ3v) is 4.58. The van der Waals surface area contributed by atoms with Gasteiger partial charge in [0.2, 0.25) is 0 Å². The van der Waals surface area contributed by atoms with Crippen LogP contribution in [0.5, 0.6) is 0 Å². The Balaban J connectivity index is 0. The van der Waals surface area contributed by atoms with Gasteiger partial charge >= 0.3 is 5.97 Å². The second kappa shape index (κ2) is 23.1. The summed E-state index contributed by atoms with van der Waals surface area (Å²) in [5.41, 5.74) is 0. The van der Waals surface area contributed by atoms with E-state index in [1.807, 2.05) is 0 Å². The van der Waals surface area contributed by atoms with Crippen LogP contribution in [0.4, 0.5) is 0 Å². The standard InChI is InChI=1S/C21H42O3.K/c1-3-4-5-6-7-8-9-10-11-12-13-14-15-16-17-18-19-24-21(23)20(2)22;/h20,22H,3-19H2,1-2H3;. The van der Waals surface area contributed by atoms with Crippen molar-refractivity contribution in [2.45, 2.75) is 123 Å². The molecule has 4 heteroatoms. The van der Waals surface area contributed by atoms with E-state index in [1.54, 1.807) is 0 Å². The van der Waals surface area contributed by atoms with E-state index in [0.717, 1.165) is 12.8 Å². The first-order valence-electron chi connectivity index (χ1n) is 10.5. The fraction of sp³-hybridized carbons (Fsp3) is 0.952. The molecule has 1 radical (unpaired) electrons. The van der Waals surface area contributed by atoms with Crippen molar-refractivity contribution >= 4 is 57.4 Å². The van der Waals surface area contributed by atoms with Crippen LogP contribution in [0.2, 0.25) is 0 Å². The minimum absolute atomic E-state index is 0. The summed E-state index contributed by atoms with van der Waals surface area (Å²) in [6, 6.07) is 0. The summed E-state index contributed by atoms with van der Waals surface area (Å²) >= 11 is 0. The summed E-state index contributed by atoms with van der Waals surface area (Å²) in [4.78, 5) is 11.0. The van der Waals surface area contributed by atoms with Crippen molar-refractivity contribution in [3.05, 3.63) is 0 Å². The summed E-state index contributed by atoms with van der Waals surface area (Å²) in [5, 5.41) is 8.98. The first-order chi connectivity index (χ1) is 11.7. The molecule has 0 aromatic carbocycles. The molecule has 0 saturated heterocycles. The molecule has 0 fully saturated rings. The van der Waals surface area contributed by atoms with E-state index in [9.17, 15) is 4.79 Å². The van der Waals surface area contributed by atoms with Gasteiger partial charge in [-0.25, -0.2) is 4.79 Å². The molecule has 0 aliphatic carbocycles. The number of rotatable bonds is 18. The topological polar surface area (TPSA) is 46.5 Å². The van der Waals surface area contributed by atoms with Gasteiger partial charge < -0.3 is 9.84 Å². The molecule has 1 atom stereocenters. The molecule has 1 unspecified atom stereocenters. The van der Waals surface area contributed by atoms with Gasteiger partial charge in [0.25, 0.3) is 0 Å². The molecule has 0 rings (SSSR count). The molecule has 0 aromatic rings. The summed E-state index contributed by atoms with van der Waals surface area (Å²) in [6.45, 7) is 4.16. The third kappa shape index (κ3) is 23.0. The Morgan fingerprint density at radius 2 is 1.04 bits per heavy atom. The number of aliphatic hydroxyl groups is 1. The number of unbranched alkanes of at least 4 members (excludes halogenated alkanes) is 15. The van der Waals surface area contributed by atoms with Crippen molar-refractivity contribution in [1.29, 1.82) is 0 Å². The molecule has 0 bridgehead atoms. The maximum Gasteiger partial charge on any atom is 0.334 e. The van der Waals surface area contributed by atoms with Crippen LogP contribution in [-0.4, -0.2) is 75.2 Å². The van der Waals surface area contributed by atoms with Gasteiger partial charge in [-0.2, -0.15) is 0 Å². The molecule has 0 aromatic heterocycles. The third-order valence-electron chi connectivity index (χ3n) is 4.58. The molecular formula is C21H42KO3. The van der Waals surface area contributed by atoms with Crippen LogP contribution >= 0.6 is 0 Å². The van der Waals surface area contributed by atoms with E-state index >= 15 is 0 Å². The average molecular weight is 382 g/mol. The fourth-order valence-electron chi connectivity index (χ4n) is 2.94. The number of carbonyl (C=O) groups excluding carboxylic acids is 1. The Kier molecular flexibility index (Phi) is 26.1. The SMILES string of the molecule is CCCCCCCCCCCCCCCCCCOC(=O)C(C)O.[K]. The zero-order chi connectivity index (χ0) is 17.9. The smallest absolute Gasteiger partial charge is 0.334 e. The summed E-state index contributed by atoms with van der Waals surface area (Å²) in [7, 11) is 0. The van der Waals surface area contributed by atoms with E-state index in [-0.39, 0.29) is 51.4 Å². The first-order valence-corrected chi connectivity index (χ1v) is 10.5. The second-order valence-corrected chi connectivity index (χ2v) is 7.15. The van der Waals surface area contributed by atoms with Crippen molar-refractivity contribution in [2.24, 2.45) is 0 Å². The Labute approximate surface area is 199 Å². The van der Waals surface area contributed by atoms with Crippen LogP contribution in [0.1, 0.15) is 117 Å². The van der Waals surface area contributed by atoms with Gasteiger partial charge in [0.1, 0.15) is 6.10 Å². The molecule has 3 nitrogen and oxygen atoms in total. The van der Waals surface area contributed by atoms with Crippen LogP contribution in [0.3, 0.4) is 0 Å². The molecule has 0 aliphatic rings. The first kappa shape index (κ1) is 28.3. The quantitative estimate of drug-likeness (QED) is 0.186. The van der Waals surface area contributed by atoms with Crippen LogP contribution in [0.25, 0.3) is 0 Å². The Morgan fingerprint density at radius 1 is 0.720 bits per heavy atom. The van der Waals surface area contributed by atoms with Crippen LogP contribution in [0, 0.1) is 0 Å². The molecule has 1 N–H and O–H groups in total. The van der Waals surface area contributed by atoms with Crippen molar-refractivity contribution in [3.63, 3.8) is 0 Å². The predicted octanol–water partition coefficient (Wildman–Crippen LogP) is 5.79. The summed E-state index contributed by atoms with van der Waals surface area (Å²) < 4.78 is 4.93. The predicted molar refractivity (Wildman–Crippen MR) is 108 cm³/mol. The number of hydrogen-bond donors (Lipinski definition) is 1. The molecule has 0 heterocycles. The normalized spacial score (nSPS) is 11.8. The van der Waals surface area contributed by atoms with Crippen molar-refractivity contribution in [3.8, 4) is 0 Å². The Hall–Kier alpha value is 1.07. The zero-order valence-electron chi connectivity index (χ0n) is 17.4. The van der Waals surface area contributed by atoms with E-state index < -0.39 is 12.1 Å². The molecule has 0 aliphatic heterocycles. The van der Waals surface area contributed by atoms with E-state index in [0.29, 0.717) is 6.61 Å². The largest absolute Gasteiger partial charge is 0.464 e. The van der Waals surface area contributed by atoms with Gasteiger partial charge in [0.05, 0.1) is 6.61 Å². The number of esters is 1.